The molecule has 3 rings (SSSR count). The van der Waals surface area contributed by atoms with Crippen LogP contribution in [0.4, 0.5) is 0 Å². The summed E-state index contributed by atoms with van der Waals surface area (Å²) in [5.41, 5.74) is 2.44. The zero-order valence-corrected chi connectivity index (χ0v) is 15.2. The summed E-state index contributed by atoms with van der Waals surface area (Å²) in [5.74, 6) is 0.775. The molecule has 0 amide bonds. The number of carbonyl (C=O) groups excluding carboxylic acids is 1. The molecule has 0 radical (unpaired) electrons. The molecule has 3 aromatic rings. The lowest BCUT2D eigenvalue weighted by Crippen LogP contribution is -2.13. The molecule has 0 aliphatic rings. The fourth-order valence-corrected chi connectivity index (χ4v) is 2.96. The molecule has 0 atom stereocenters. The lowest BCUT2D eigenvalue weighted by Gasteiger charge is -2.11. The van der Waals surface area contributed by atoms with E-state index in [1.54, 1.807) is 24.3 Å². The van der Waals surface area contributed by atoms with E-state index in [1.807, 2.05) is 31.2 Å². The van der Waals surface area contributed by atoms with Crippen LogP contribution in [-0.2, 0) is 6.42 Å². The van der Waals surface area contributed by atoms with E-state index < -0.39 is 0 Å². The SMILES string of the molecule is Cc1c(CC(C)C)c(=O)oc2cc(OCC(=O)c3ccccc3)ccc12. The van der Waals surface area contributed by atoms with Crippen molar-refractivity contribution in [2.75, 3.05) is 6.61 Å². The Kier molecular flexibility index (Phi) is 5.21. The molecule has 0 N–H and O–H groups in total. The monoisotopic (exact) mass is 350 g/mol. The second-order valence-electron chi connectivity index (χ2n) is 6.83. The summed E-state index contributed by atoms with van der Waals surface area (Å²) in [6, 6.07) is 14.3. The van der Waals surface area contributed by atoms with Crippen molar-refractivity contribution in [3.05, 3.63) is 75.6 Å². The third-order valence-corrected chi connectivity index (χ3v) is 4.34. The van der Waals surface area contributed by atoms with Gasteiger partial charge in [0.1, 0.15) is 11.3 Å². The first-order valence-corrected chi connectivity index (χ1v) is 8.73. The molecule has 0 saturated carbocycles. The summed E-state index contributed by atoms with van der Waals surface area (Å²) in [4.78, 5) is 24.4. The normalized spacial score (nSPS) is 11.1. The van der Waals surface area contributed by atoms with Crippen molar-refractivity contribution in [2.24, 2.45) is 5.92 Å². The molecule has 0 unspecified atom stereocenters. The summed E-state index contributed by atoms with van der Waals surface area (Å²) in [5, 5.41) is 0.891. The van der Waals surface area contributed by atoms with E-state index in [-0.39, 0.29) is 18.0 Å². The third kappa shape index (κ3) is 3.85. The summed E-state index contributed by atoms with van der Waals surface area (Å²) >= 11 is 0. The summed E-state index contributed by atoms with van der Waals surface area (Å²) in [6.45, 7) is 6.02. The highest BCUT2D eigenvalue weighted by Crippen LogP contribution is 2.25. The molecular weight excluding hydrogens is 328 g/mol. The Morgan fingerprint density at radius 2 is 1.85 bits per heavy atom. The largest absolute Gasteiger partial charge is 0.485 e. The van der Waals surface area contributed by atoms with Crippen molar-refractivity contribution < 1.29 is 13.9 Å². The van der Waals surface area contributed by atoms with Gasteiger partial charge in [-0.25, -0.2) is 4.79 Å². The number of fused-ring (bicyclic) bond motifs is 1. The molecule has 0 aliphatic carbocycles. The van der Waals surface area contributed by atoms with Crippen LogP contribution in [0.15, 0.2) is 57.7 Å². The molecule has 4 heteroatoms. The Morgan fingerprint density at radius 1 is 1.12 bits per heavy atom. The minimum Gasteiger partial charge on any atom is -0.485 e. The van der Waals surface area contributed by atoms with E-state index in [9.17, 15) is 9.59 Å². The molecule has 4 nitrogen and oxygen atoms in total. The Balaban J connectivity index is 1.83. The van der Waals surface area contributed by atoms with Gasteiger partial charge in [-0.2, -0.15) is 0 Å². The van der Waals surface area contributed by atoms with E-state index in [0.29, 0.717) is 29.2 Å². The molecule has 2 aromatic carbocycles. The highest BCUT2D eigenvalue weighted by atomic mass is 16.5. The first-order valence-electron chi connectivity index (χ1n) is 8.73. The Morgan fingerprint density at radius 3 is 2.54 bits per heavy atom. The standard InChI is InChI=1S/C22H22O4/c1-14(2)11-19-15(3)18-10-9-17(12-21(18)26-22(19)24)25-13-20(23)16-7-5-4-6-8-16/h4-10,12,14H,11,13H2,1-3H3. The lowest BCUT2D eigenvalue weighted by molar-refractivity contribution is 0.0921. The molecule has 0 saturated heterocycles. The maximum Gasteiger partial charge on any atom is 0.339 e. The Labute approximate surface area is 152 Å². The second-order valence-corrected chi connectivity index (χ2v) is 6.83. The first-order chi connectivity index (χ1) is 12.5. The quantitative estimate of drug-likeness (QED) is 0.483. The van der Waals surface area contributed by atoms with Crippen molar-refractivity contribution in [3.63, 3.8) is 0 Å². The molecule has 0 fully saturated rings. The topological polar surface area (TPSA) is 56.5 Å². The van der Waals surface area contributed by atoms with Crippen LogP contribution in [0.25, 0.3) is 11.0 Å². The van der Waals surface area contributed by atoms with Gasteiger partial charge in [-0.05, 0) is 37.0 Å². The maximum absolute atomic E-state index is 12.3. The number of hydrogen-bond acceptors (Lipinski definition) is 4. The van der Waals surface area contributed by atoms with Gasteiger partial charge in [0, 0.05) is 22.6 Å². The highest BCUT2D eigenvalue weighted by molar-refractivity contribution is 5.97. The third-order valence-electron chi connectivity index (χ3n) is 4.34. The summed E-state index contributed by atoms with van der Waals surface area (Å²) < 4.78 is 11.1. The van der Waals surface area contributed by atoms with Crippen LogP contribution in [-0.4, -0.2) is 12.4 Å². The van der Waals surface area contributed by atoms with Crippen LogP contribution < -0.4 is 10.4 Å². The van der Waals surface area contributed by atoms with Gasteiger partial charge < -0.3 is 9.15 Å². The van der Waals surface area contributed by atoms with Gasteiger partial charge in [-0.1, -0.05) is 44.2 Å². The van der Waals surface area contributed by atoms with Gasteiger partial charge in [0.05, 0.1) is 0 Å². The smallest absolute Gasteiger partial charge is 0.339 e. The van der Waals surface area contributed by atoms with E-state index in [4.69, 9.17) is 9.15 Å². The van der Waals surface area contributed by atoms with Gasteiger partial charge in [-0.3, -0.25) is 4.79 Å². The predicted molar refractivity (Wildman–Crippen MR) is 102 cm³/mol. The fourth-order valence-electron chi connectivity index (χ4n) is 2.96. The van der Waals surface area contributed by atoms with Gasteiger partial charge in [0.25, 0.3) is 0 Å². The minimum atomic E-state index is -0.304. The molecule has 0 bridgehead atoms. The van der Waals surface area contributed by atoms with Gasteiger partial charge >= 0.3 is 5.63 Å². The van der Waals surface area contributed by atoms with Gasteiger partial charge in [0.2, 0.25) is 0 Å². The average Bonchev–Trinajstić information content (AvgIpc) is 2.63. The van der Waals surface area contributed by atoms with Crippen molar-refractivity contribution in [1.29, 1.82) is 0 Å². The van der Waals surface area contributed by atoms with E-state index in [1.165, 1.54) is 0 Å². The van der Waals surface area contributed by atoms with Crippen molar-refractivity contribution in [1.82, 2.24) is 0 Å². The van der Waals surface area contributed by atoms with E-state index in [0.717, 1.165) is 16.5 Å². The van der Waals surface area contributed by atoms with Crippen molar-refractivity contribution in [2.45, 2.75) is 27.2 Å². The molecular formula is C22H22O4. The van der Waals surface area contributed by atoms with Gasteiger partial charge in [-0.15, -0.1) is 0 Å². The Bertz CT molecular complexity index is 984. The number of benzene rings is 2. The number of ether oxygens (including phenoxy) is 1. The number of rotatable bonds is 6. The van der Waals surface area contributed by atoms with Crippen molar-refractivity contribution in [3.8, 4) is 5.75 Å². The summed E-state index contributed by atoms with van der Waals surface area (Å²) in [7, 11) is 0. The number of aryl methyl sites for hydroxylation is 1. The Hall–Kier alpha value is -2.88. The molecule has 1 aromatic heterocycles. The average molecular weight is 350 g/mol. The number of Topliss-reactive ketones (excluding diaryl/α,β-unsaturated/α-hetero) is 1. The van der Waals surface area contributed by atoms with Crippen LogP contribution in [0.3, 0.4) is 0 Å². The number of ketones is 1. The highest BCUT2D eigenvalue weighted by Gasteiger charge is 2.14. The summed E-state index contributed by atoms with van der Waals surface area (Å²) in [6.07, 6.45) is 0.688. The molecule has 1 heterocycles. The zero-order valence-electron chi connectivity index (χ0n) is 15.2. The molecule has 0 aliphatic heterocycles. The second kappa shape index (κ2) is 7.56. The first kappa shape index (κ1) is 17.9. The van der Waals surface area contributed by atoms with E-state index in [2.05, 4.69) is 13.8 Å². The lowest BCUT2D eigenvalue weighted by atomic mass is 9.98. The van der Waals surface area contributed by atoms with Crippen LogP contribution in [0.5, 0.6) is 5.75 Å². The number of hydrogen-bond donors (Lipinski definition) is 0. The molecule has 134 valence electrons. The van der Waals surface area contributed by atoms with Crippen LogP contribution in [0.1, 0.15) is 35.3 Å². The van der Waals surface area contributed by atoms with Crippen molar-refractivity contribution >= 4 is 16.8 Å². The van der Waals surface area contributed by atoms with Gasteiger partial charge in [0.15, 0.2) is 12.4 Å². The zero-order chi connectivity index (χ0) is 18.7. The predicted octanol–water partition coefficient (Wildman–Crippen LogP) is 4.56. The van der Waals surface area contributed by atoms with Crippen LogP contribution >= 0.6 is 0 Å². The van der Waals surface area contributed by atoms with Crippen LogP contribution in [0.2, 0.25) is 0 Å². The fraction of sp³-hybridized carbons (Fsp3) is 0.273. The van der Waals surface area contributed by atoms with Crippen LogP contribution in [0, 0.1) is 12.8 Å². The maximum atomic E-state index is 12.3. The molecule has 0 spiro atoms. The number of carbonyl (C=O) groups is 1. The minimum absolute atomic E-state index is 0.0653. The van der Waals surface area contributed by atoms with E-state index >= 15 is 0 Å². The molecule has 26 heavy (non-hydrogen) atoms.